The molecule has 2 atom stereocenters. The average Bonchev–Trinajstić information content (AvgIpc) is 2.88. The van der Waals surface area contributed by atoms with Crippen LogP contribution in [-0.2, 0) is 4.74 Å². The van der Waals surface area contributed by atoms with Crippen molar-refractivity contribution in [3.63, 3.8) is 0 Å². The second kappa shape index (κ2) is 5.97. The lowest BCUT2D eigenvalue weighted by Gasteiger charge is -2.45. The molecule has 1 N–H and O–H groups in total. The highest BCUT2D eigenvalue weighted by Gasteiger charge is 2.33. The van der Waals surface area contributed by atoms with Crippen molar-refractivity contribution in [2.45, 2.75) is 45.4 Å². The third-order valence-corrected chi connectivity index (χ3v) is 3.70. The zero-order valence-electron chi connectivity index (χ0n) is 12.7. The molecule has 0 saturated carbocycles. The van der Waals surface area contributed by atoms with Crippen molar-refractivity contribution in [2.75, 3.05) is 19.6 Å². The van der Waals surface area contributed by atoms with E-state index in [-0.39, 0.29) is 23.7 Å². The quantitative estimate of drug-likeness (QED) is 0.915. The number of rotatable bonds is 4. The maximum atomic E-state index is 11.9. The number of hydrogen-bond acceptors (Lipinski definition) is 4. The first-order valence-corrected chi connectivity index (χ1v) is 7.11. The second-order valence-electron chi connectivity index (χ2n) is 6.13. The van der Waals surface area contributed by atoms with Crippen molar-refractivity contribution < 1.29 is 13.9 Å². The molecular weight excluding hydrogens is 256 g/mol. The van der Waals surface area contributed by atoms with E-state index in [2.05, 4.69) is 37.9 Å². The van der Waals surface area contributed by atoms with Gasteiger partial charge in [-0.1, -0.05) is 0 Å². The molecule has 1 aromatic heterocycles. The fourth-order valence-electron chi connectivity index (χ4n) is 2.58. The normalized spacial score (nSPS) is 24.6. The SMILES string of the molecule is C[C@H]1CN(C(C)(C)CNC(=O)c2ccco2)C[C@H](C)O1. The first-order chi connectivity index (χ1) is 9.38. The molecule has 1 aliphatic heterocycles. The molecule has 1 saturated heterocycles. The Balaban J connectivity index is 1.91. The summed E-state index contributed by atoms with van der Waals surface area (Å²) in [5, 5.41) is 2.94. The predicted molar refractivity (Wildman–Crippen MR) is 76.7 cm³/mol. The lowest BCUT2D eigenvalue weighted by molar-refractivity contribution is -0.0948. The van der Waals surface area contributed by atoms with Crippen LogP contribution in [0.25, 0.3) is 0 Å². The number of amides is 1. The molecule has 20 heavy (non-hydrogen) atoms. The van der Waals surface area contributed by atoms with Crippen LogP contribution in [0.1, 0.15) is 38.2 Å². The molecule has 0 spiro atoms. The summed E-state index contributed by atoms with van der Waals surface area (Å²) >= 11 is 0. The van der Waals surface area contributed by atoms with E-state index < -0.39 is 0 Å². The zero-order chi connectivity index (χ0) is 14.8. The number of carbonyl (C=O) groups is 1. The fourth-order valence-corrected chi connectivity index (χ4v) is 2.58. The van der Waals surface area contributed by atoms with Crippen molar-refractivity contribution in [1.82, 2.24) is 10.2 Å². The highest BCUT2D eigenvalue weighted by atomic mass is 16.5. The molecule has 0 radical (unpaired) electrons. The number of morpholine rings is 1. The molecule has 1 aromatic rings. The van der Waals surface area contributed by atoms with Crippen LogP contribution >= 0.6 is 0 Å². The van der Waals surface area contributed by atoms with Crippen LogP contribution in [0.15, 0.2) is 22.8 Å². The van der Waals surface area contributed by atoms with Crippen LogP contribution in [0.5, 0.6) is 0 Å². The molecule has 2 rings (SSSR count). The Kier molecular flexibility index (Phi) is 4.50. The number of carbonyl (C=O) groups excluding carboxylic acids is 1. The van der Waals surface area contributed by atoms with Crippen LogP contribution in [0.4, 0.5) is 0 Å². The number of nitrogens with zero attached hydrogens (tertiary/aromatic N) is 1. The predicted octanol–water partition coefficient (Wildman–Crippen LogP) is 1.90. The van der Waals surface area contributed by atoms with E-state index in [9.17, 15) is 4.79 Å². The van der Waals surface area contributed by atoms with E-state index in [1.807, 2.05) is 0 Å². The molecule has 0 aliphatic carbocycles. The summed E-state index contributed by atoms with van der Waals surface area (Å²) in [5.41, 5.74) is -0.117. The molecular formula is C15H24N2O3. The Labute approximate surface area is 120 Å². The standard InChI is InChI=1S/C15H24N2O3/c1-11-8-17(9-12(2)20-11)15(3,4)10-16-14(18)13-6-5-7-19-13/h5-7,11-12H,8-10H2,1-4H3,(H,16,18)/t11-,12-/m0/s1. The van der Waals surface area contributed by atoms with Gasteiger partial charge >= 0.3 is 0 Å². The van der Waals surface area contributed by atoms with Gasteiger partial charge in [-0.15, -0.1) is 0 Å². The van der Waals surface area contributed by atoms with Crippen molar-refractivity contribution in [2.24, 2.45) is 0 Å². The van der Waals surface area contributed by atoms with Gasteiger partial charge in [0.15, 0.2) is 5.76 Å². The Bertz CT molecular complexity index is 432. The van der Waals surface area contributed by atoms with Crippen LogP contribution < -0.4 is 5.32 Å². The summed E-state index contributed by atoms with van der Waals surface area (Å²) < 4.78 is 10.8. The van der Waals surface area contributed by atoms with Crippen molar-refractivity contribution in [3.8, 4) is 0 Å². The van der Waals surface area contributed by atoms with Gasteiger partial charge in [-0.05, 0) is 39.8 Å². The monoisotopic (exact) mass is 280 g/mol. The third kappa shape index (κ3) is 3.61. The summed E-state index contributed by atoms with van der Waals surface area (Å²) in [4.78, 5) is 14.3. The summed E-state index contributed by atoms with van der Waals surface area (Å²) in [5.74, 6) is 0.182. The number of ether oxygens (including phenoxy) is 1. The largest absolute Gasteiger partial charge is 0.459 e. The lowest BCUT2D eigenvalue weighted by atomic mass is 10.00. The molecule has 112 valence electrons. The topological polar surface area (TPSA) is 54.7 Å². The number of hydrogen-bond donors (Lipinski definition) is 1. The van der Waals surface area contributed by atoms with E-state index in [1.165, 1.54) is 6.26 Å². The Morgan fingerprint density at radius 1 is 1.40 bits per heavy atom. The van der Waals surface area contributed by atoms with Gasteiger partial charge in [0, 0.05) is 25.2 Å². The van der Waals surface area contributed by atoms with E-state index in [0.717, 1.165) is 13.1 Å². The molecule has 0 aromatic carbocycles. The molecule has 0 unspecified atom stereocenters. The van der Waals surface area contributed by atoms with Crippen LogP contribution in [0.3, 0.4) is 0 Å². The van der Waals surface area contributed by atoms with Crippen molar-refractivity contribution >= 4 is 5.91 Å². The smallest absolute Gasteiger partial charge is 0.287 e. The van der Waals surface area contributed by atoms with Gasteiger partial charge in [0.2, 0.25) is 0 Å². The Morgan fingerprint density at radius 3 is 2.60 bits per heavy atom. The highest BCUT2D eigenvalue weighted by Crippen LogP contribution is 2.20. The van der Waals surface area contributed by atoms with Gasteiger partial charge in [0.05, 0.1) is 18.5 Å². The van der Waals surface area contributed by atoms with E-state index in [1.54, 1.807) is 12.1 Å². The van der Waals surface area contributed by atoms with Gasteiger partial charge in [-0.2, -0.15) is 0 Å². The van der Waals surface area contributed by atoms with Crippen LogP contribution in [-0.4, -0.2) is 48.2 Å². The van der Waals surface area contributed by atoms with Gasteiger partial charge in [-0.3, -0.25) is 9.69 Å². The fraction of sp³-hybridized carbons (Fsp3) is 0.667. The lowest BCUT2D eigenvalue weighted by Crippen LogP contribution is -2.58. The third-order valence-electron chi connectivity index (χ3n) is 3.70. The van der Waals surface area contributed by atoms with Crippen molar-refractivity contribution in [3.05, 3.63) is 24.2 Å². The maximum absolute atomic E-state index is 11.9. The van der Waals surface area contributed by atoms with Crippen molar-refractivity contribution in [1.29, 1.82) is 0 Å². The van der Waals surface area contributed by atoms with Crippen LogP contribution in [0, 0.1) is 0 Å². The van der Waals surface area contributed by atoms with Gasteiger partial charge in [0.1, 0.15) is 0 Å². The number of furan rings is 1. The summed E-state index contributed by atoms with van der Waals surface area (Å²) in [6, 6.07) is 3.38. The first-order valence-electron chi connectivity index (χ1n) is 7.11. The van der Waals surface area contributed by atoms with Crippen LogP contribution in [0.2, 0.25) is 0 Å². The Hall–Kier alpha value is -1.33. The summed E-state index contributed by atoms with van der Waals surface area (Å²) in [7, 11) is 0. The maximum Gasteiger partial charge on any atom is 0.287 e. The van der Waals surface area contributed by atoms with Gasteiger partial charge < -0.3 is 14.5 Å². The molecule has 1 amide bonds. The van der Waals surface area contributed by atoms with E-state index >= 15 is 0 Å². The zero-order valence-corrected chi connectivity index (χ0v) is 12.7. The molecule has 2 heterocycles. The van der Waals surface area contributed by atoms with Gasteiger partial charge in [0.25, 0.3) is 5.91 Å². The van der Waals surface area contributed by atoms with E-state index in [0.29, 0.717) is 12.3 Å². The minimum atomic E-state index is -0.169. The first kappa shape index (κ1) is 15.1. The summed E-state index contributed by atoms with van der Waals surface area (Å²) in [6.07, 6.45) is 1.95. The molecule has 1 aliphatic rings. The molecule has 0 bridgehead atoms. The van der Waals surface area contributed by atoms with E-state index in [4.69, 9.17) is 9.15 Å². The molecule has 1 fully saturated rings. The average molecular weight is 280 g/mol. The Morgan fingerprint density at radius 2 is 2.05 bits per heavy atom. The molecule has 5 nitrogen and oxygen atoms in total. The minimum Gasteiger partial charge on any atom is -0.459 e. The highest BCUT2D eigenvalue weighted by molar-refractivity contribution is 5.91. The van der Waals surface area contributed by atoms with Gasteiger partial charge in [-0.25, -0.2) is 0 Å². The second-order valence-corrected chi connectivity index (χ2v) is 6.13. The summed E-state index contributed by atoms with van der Waals surface area (Å²) in [6.45, 7) is 10.8. The molecule has 5 heteroatoms. The minimum absolute atomic E-state index is 0.117. The number of nitrogens with one attached hydrogen (secondary N) is 1.